The fourth-order valence-corrected chi connectivity index (χ4v) is 3.10. The number of aromatic hydroxyl groups is 1. The summed E-state index contributed by atoms with van der Waals surface area (Å²) in [4.78, 5) is 4.70. The molecule has 30 heavy (non-hydrogen) atoms. The molecule has 2 heterocycles. The molecule has 0 fully saturated rings. The molecule has 0 aliphatic carbocycles. The van der Waals surface area contributed by atoms with E-state index in [1.165, 1.54) is 0 Å². The Labute approximate surface area is 175 Å². The number of nitrogens with one attached hydrogen (secondary N) is 1. The quantitative estimate of drug-likeness (QED) is 0.632. The molecule has 0 spiro atoms. The molecule has 6 nitrogen and oxygen atoms in total. The van der Waals surface area contributed by atoms with Crippen LogP contribution >= 0.6 is 0 Å². The first kappa shape index (κ1) is 19.6. The van der Waals surface area contributed by atoms with E-state index in [4.69, 9.17) is 9.40 Å². The highest BCUT2D eigenvalue weighted by molar-refractivity contribution is 5.57. The van der Waals surface area contributed by atoms with E-state index in [1.807, 2.05) is 24.3 Å². The lowest BCUT2D eigenvalue weighted by atomic mass is 9.89. The lowest BCUT2D eigenvalue weighted by molar-refractivity contribution is 0.475. The smallest absolute Gasteiger partial charge is 0.227 e. The van der Waals surface area contributed by atoms with E-state index < -0.39 is 0 Å². The molecule has 0 amide bonds. The average Bonchev–Trinajstić information content (AvgIpc) is 3.13. The fourth-order valence-electron chi connectivity index (χ4n) is 3.10. The van der Waals surface area contributed by atoms with Gasteiger partial charge >= 0.3 is 0 Å². The third-order valence-corrected chi connectivity index (χ3v) is 5.02. The Morgan fingerprint density at radius 3 is 2.33 bits per heavy atom. The van der Waals surface area contributed by atoms with E-state index in [1.54, 1.807) is 24.3 Å². The van der Waals surface area contributed by atoms with Crippen molar-refractivity contribution in [3.8, 4) is 17.2 Å². The van der Waals surface area contributed by atoms with Crippen LogP contribution in [0.5, 0.6) is 5.75 Å². The maximum atomic E-state index is 9.33. The molecule has 0 unspecified atom stereocenters. The van der Waals surface area contributed by atoms with Crippen LogP contribution in [0.15, 0.2) is 75.5 Å². The van der Waals surface area contributed by atoms with Crippen LogP contribution < -0.4 is 16.1 Å². The summed E-state index contributed by atoms with van der Waals surface area (Å²) in [6.45, 7) is 9.18. The van der Waals surface area contributed by atoms with Gasteiger partial charge in [0.05, 0.1) is 11.4 Å². The molecule has 0 saturated heterocycles. The summed E-state index contributed by atoms with van der Waals surface area (Å²) in [7, 11) is 0. The van der Waals surface area contributed by atoms with Crippen LogP contribution in [0.3, 0.4) is 0 Å². The van der Waals surface area contributed by atoms with E-state index in [0.29, 0.717) is 11.6 Å². The molecule has 152 valence electrons. The highest BCUT2D eigenvalue weighted by Crippen LogP contribution is 2.26. The van der Waals surface area contributed by atoms with Gasteiger partial charge in [0.1, 0.15) is 11.1 Å². The monoisotopic (exact) mass is 400 g/mol. The SMILES string of the molecule is C=C1NCC/C=c2/nc(-c3ccc(N=Nc4ccc(O)cc4)cc3)o/c2=C/C1(C)C. The number of benzene rings is 2. The van der Waals surface area contributed by atoms with Crippen LogP contribution in [0, 0.1) is 5.41 Å². The second-order valence-electron chi connectivity index (χ2n) is 7.80. The minimum atomic E-state index is -0.248. The topological polar surface area (TPSA) is 83.0 Å². The van der Waals surface area contributed by atoms with Gasteiger partial charge in [0.2, 0.25) is 5.89 Å². The predicted molar refractivity (Wildman–Crippen MR) is 118 cm³/mol. The Hall–Kier alpha value is -3.67. The zero-order valence-electron chi connectivity index (χ0n) is 17.1. The Morgan fingerprint density at radius 1 is 1.03 bits per heavy atom. The van der Waals surface area contributed by atoms with Gasteiger partial charge in [0, 0.05) is 23.2 Å². The zero-order valence-corrected chi connectivity index (χ0v) is 17.1. The van der Waals surface area contributed by atoms with Gasteiger partial charge in [-0.15, -0.1) is 0 Å². The molecular weight excluding hydrogens is 376 g/mol. The molecule has 0 atom stereocenters. The molecule has 0 radical (unpaired) electrons. The van der Waals surface area contributed by atoms with Gasteiger partial charge in [-0.25, -0.2) is 4.98 Å². The Morgan fingerprint density at radius 2 is 1.67 bits per heavy atom. The summed E-state index contributed by atoms with van der Waals surface area (Å²) < 4.78 is 6.10. The molecule has 3 aromatic rings. The standard InChI is InChI=1S/C24H24N4O2/c1-16-24(2,3)15-22-21(5-4-14-25-16)26-23(30-22)17-6-8-18(9-7-17)27-28-19-10-12-20(29)13-11-19/h5-13,15,25,29H,1,4,14H2,2-3H3/b21-5+,22-15+,28-27?. The van der Waals surface area contributed by atoms with Crippen molar-refractivity contribution in [2.75, 3.05) is 6.54 Å². The molecule has 2 aromatic carbocycles. The molecule has 1 aliphatic heterocycles. The van der Waals surface area contributed by atoms with Crippen molar-refractivity contribution in [3.63, 3.8) is 0 Å². The predicted octanol–water partition coefficient (Wildman–Crippen LogP) is 4.56. The van der Waals surface area contributed by atoms with Crippen LogP contribution in [0.4, 0.5) is 11.4 Å². The second-order valence-corrected chi connectivity index (χ2v) is 7.80. The molecule has 1 aromatic heterocycles. The van der Waals surface area contributed by atoms with Crippen molar-refractivity contribution in [3.05, 3.63) is 71.6 Å². The van der Waals surface area contributed by atoms with E-state index in [2.05, 4.69) is 48.1 Å². The molecule has 4 rings (SSSR count). The number of allylic oxidation sites excluding steroid dienone is 1. The number of azo groups is 1. The van der Waals surface area contributed by atoms with Crippen molar-refractivity contribution in [1.29, 1.82) is 0 Å². The van der Waals surface area contributed by atoms with Crippen LogP contribution in [-0.2, 0) is 0 Å². The first-order valence-electron chi connectivity index (χ1n) is 9.85. The Balaban J connectivity index is 1.62. The van der Waals surface area contributed by atoms with Crippen LogP contribution in [-0.4, -0.2) is 16.6 Å². The highest BCUT2D eigenvalue weighted by atomic mass is 16.3. The van der Waals surface area contributed by atoms with Gasteiger partial charge in [-0.1, -0.05) is 26.5 Å². The summed E-state index contributed by atoms with van der Waals surface area (Å²) in [5, 5.41) is 22.0. The summed E-state index contributed by atoms with van der Waals surface area (Å²) >= 11 is 0. The number of phenols is 1. The van der Waals surface area contributed by atoms with Crippen molar-refractivity contribution in [1.82, 2.24) is 10.3 Å². The number of rotatable bonds is 3. The molecule has 1 aliphatic rings. The minimum Gasteiger partial charge on any atom is -0.508 e. The lowest BCUT2D eigenvalue weighted by Gasteiger charge is -2.23. The number of oxazole rings is 1. The van der Waals surface area contributed by atoms with E-state index >= 15 is 0 Å². The van der Waals surface area contributed by atoms with Gasteiger partial charge < -0.3 is 14.8 Å². The van der Waals surface area contributed by atoms with Gasteiger partial charge in [-0.05, 0) is 61.0 Å². The van der Waals surface area contributed by atoms with Gasteiger partial charge in [-0.3, -0.25) is 0 Å². The largest absolute Gasteiger partial charge is 0.508 e. The van der Waals surface area contributed by atoms with E-state index in [-0.39, 0.29) is 11.2 Å². The first-order valence-corrected chi connectivity index (χ1v) is 9.85. The maximum Gasteiger partial charge on any atom is 0.227 e. The van der Waals surface area contributed by atoms with Gasteiger partial charge in [0.15, 0.2) is 5.42 Å². The number of hydrogen-bond donors (Lipinski definition) is 2. The third kappa shape index (κ3) is 4.33. The average molecular weight is 400 g/mol. The fraction of sp³-hybridized carbons (Fsp3) is 0.208. The van der Waals surface area contributed by atoms with Gasteiger partial charge in [-0.2, -0.15) is 10.2 Å². The molecule has 6 heteroatoms. The van der Waals surface area contributed by atoms with Crippen molar-refractivity contribution < 1.29 is 9.52 Å². The zero-order chi connectivity index (χ0) is 21.1. The van der Waals surface area contributed by atoms with E-state index in [0.717, 1.165) is 40.7 Å². The van der Waals surface area contributed by atoms with Gasteiger partial charge in [0.25, 0.3) is 0 Å². The maximum absolute atomic E-state index is 9.33. The number of aromatic nitrogens is 1. The minimum absolute atomic E-state index is 0.201. The summed E-state index contributed by atoms with van der Waals surface area (Å²) in [5.74, 6) is 0.775. The van der Waals surface area contributed by atoms with Crippen molar-refractivity contribution in [2.45, 2.75) is 20.3 Å². The van der Waals surface area contributed by atoms with Crippen molar-refractivity contribution in [2.24, 2.45) is 15.6 Å². The summed E-state index contributed by atoms with van der Waals surface area (Å²) in [5.41, 5.74) is 3.74. The first-order chi connectivity index (χ1) is 14.4. The summed E-state index contributed by atoms with van der Waals surface area (Å²) in [6, 6.07) is 14.1. The van der Waals surface area contributed by atoms with Crippen LogP contribution in [0.1, 0.15) is 20.3 Å². The number of nitrogens with zero attached hydrogens (tertiary/aromatic N) is 3. The molecular formula is C24H24N4O2. The lowest BCUT2D eigenvalue weighted by Crippen LogP contribution is -2.28. The second kappa shape index (κ2) is 7.99. The van der Waals surface area contributed by atoms with Crippen LogP contribution in [0.25, 0.3) is 23.6 Å². The Bertz CT molecular complexity index is 1200. The highest BCUT2D eigenvalue weighted by Gasteiger charge is 2.20. The summed E-state index contributed by atoms with van der Waals surface area (Å²) in [6.07, 6.45) is 5.00. The van der Waals surface area contributed by atoms with Crippen LogP contribution in [0.2, 0.25) is 0 Å². The third-order valence-electron chi connectivity index (χ3n) is 5.02. The number of phenolic OH excluding ortho intramolecular Hbond substituents is 1. The van der Waals surface area contributed by atoms with Crippen molar-refractivity contribution >= 4 is 23.5 Å². The molecule has 0 saturated carbocycles. The normalized spacial score (nSPS) is 18.1. The van der Waals surface area contributed by atoms with E-state index in [9.17, 15) is 5.11 Å². The molecule has 2 N–H and O–H groups in total. The number of hydrogen-bond acceptors (Lipinski definition) is 6. The number of fused-ring (bicyclic) bond motifs is 1. The Kier molecular flexibility index (Phi) is 5.23. The molecule has 0 bridgehead atoms.